The number of hydrogen-bond donors (Lipinski definition) is 1. The normalized spacial score (nSPS) is 19.1. The number of pyridine rings is 1. The second-order valence-corrected chi connectivity index (χ2v) is 7.84. The molecule has 2 aliphatic rings. The Labute approximate surface area is 179 Å². The highest BCUT2D eigenvalue weighted by atomic mass is 16.5. The van der Waals surface area contributed by atoms with Gasteiger partial charge in [0.1, 0.15) is 24.4 Å². The van der Waals surface area contributed by atoms with E-state index in [0.717, 1.165) is 38.4 Å². The predicted molar refractivity (Wildman–Crippen MR) is 113 cm³/mol. The number of quaternary nitrogens is 1. The van der Waals surface area contributed by atoms with Crippen LogP contribution in [0.4, 0.5) is 0 Å². The number of aromatic nitrogens is 1. The molecule has 1 N–H and O–H groups in total. The highest BCUT2D eigenvalue weighted by Crippen LogP contribution is 2.37. The van der Waals surface area contributed by atoms with E-state index in [2.05, 4.69) is 4.98 Å². The van der Waals surface area contributed by atoms with Gasteiger partial charge in [0.05, 0.1) is 50.4 Å². The fourth-order valence-corrected chi connectivity index (χ4v) is 4.43. The van der Waals surface area contributed by atoms with Crippen LogP contribution in [-0.4, -0.2) is 62.3 Å². The van der Waals surface area contributed by atoms with Gasteiger partial charge in [0, 0.05) is 18.5 Å². The summed E-state index contributed by atoms with van der Waals surface area (Å²) in [5.74, 6) is 0.410. The van der Waals surface area contributed by atoms with Gasteiger partial charge in [-0.25, -0.2) is 0 Å². The van der Waals surface area contributed by atoms with Gasteiger partial charge < -0.3 is 23.7 Å². The van der Waals surface area contributed by atoms with Gasteiger partial charge in [-0.3, -0.25) is 14.6 Å². The van der Waals surface area contributed by atoms with E-state index in [-0.39, 0.29) is 17.1 Å². The Morgan fingerprint density at radius 2 is 2.06 bits per heavy atom. The molecule has 4 heterocycles. The highest BCUT2D eigenvalue weighted by Gasteiger charge is 2.43. The number of morpholine rings is 1. The molecule has 5 rings (SSSR count). The Kier molecular flexibility index (Phi) is 5.17. The first-order valence-electron chi connectivity index (χ1n) is 10.4. The summed E-state index contributed by atoms with van der Waals surface area (Å²) in [7, 11) is 1.55. The second-order valence-electron chi connectivity index (χ2n) is 7.84. The standard InChI is InChI=1S/C23H23N3O5/c1-29-16-4-5-17-18(13-16)31-22-19(21(17)27)20(15-3-2-6-24-14-15)26(23(22)28)8-7-25-9-11-30-12-10-25/h2-6,13-14,20H,7-12H2,1H3/p+1/t20-/m0/s1. The van der Waals surface area contributed by atoms with Gasteiger partial charge in [0.2, 0.25) is 5.76 Å². The lowest BCUT2D eigenvalue weighted by molar-refractivity contribution is -0.907. The predicted octanol–water partition coefficient (Wildman–Crippen LogP) is 0.657. The lowest BCUT2D eigenvalue weighted by Crippen LogP contribution is -3.14. The van der Waals surface area contributed by atoms with E-state index in [1.54, 1.807) is 42.6 Å². The first-order valence-corrected chi connectivity index (χ1v) is 10.4. The molecule has 0 spiro atoms. The molecule has 8 nitrogen and oxygen atoms in total. The van der Waals surface area contributed by atoms with Crippen molar-refractivity contribution in [2.45, 2.75) is 6.04 Å². The summed E-state index contributed by atoms with van der Waals surface area (Å²) in [6.45, 7) is 4.56. The van der Waals surface area contributed by atoms with Crippen LogP contribution in [-0.2, 0) is 4.74 Å². The lowest BCUT2D eigenvalue weighted by Gasteiger charge is -2.29. The quantitative estimate of drug-likeness (QED) is 0.650. The van der Waals surface area contributed by atoms with E-state index in [1.807, 2.05) is 12.1 Å². The maximum Gasteiger partial charge on any atom is 0.291 e. The molecule has 31 heavy (non-hydrogen) atoms. The molecule has 3 aromatic rings. The average Bonchev–Trinajstić information content (AvgIpc) is 3.10. The number of carbonyl (C=O) groups is 1. The van der Waals surface area contributed by atoms with Crippen molar-refractivity contribution in [3.05, 3.63) is 69.8 Å². The number of ether oxygens (including phenoxy) is 2. The largest absolute Gasteiger partial charge is 0.497 e. The smallest absolute Gasteiger partial charge is 0.291 e. The molecule has 1 saturated heterocycles. The molecule has 8 heteroatoms. The Morgan fingerprint density at radius 3 is 2.81 bits per heavy atom. The summed E-state index contributed by atoms with van der Waals surface area (Å²) < 4.78 is 16.7. The van der Waals surface area contributed by atoms with Gasteiger partial charge in [-0.2, -0.15) is 0 Å². The first kappa shape index (κ1) is 19.7. The number of amides is 1. The number of hydrogen-bond acceptors (Lipinski definition) is 6. The Hall–Kier alpha value is -3.23. The summed E-state index contributed by atoms with van der Waals surface area (Å²) in [6, 6.07) is 8.25. The number of fused-ring (bicyclic) bond motifs is 2. The molecule has 0 bridgehead atoms. The van der Waals surface area contributed by atoms with Crippen molar-refractivity contribution >= 4 is 16.9 Å². The fourth-order valence-electron chi connectivity index (χ4n) is 4.43. The van der Waals surface area contributed by atoms with Gasteiger partial charge >= 0.3 is 0 Å². The first-order chi connectivity index (χ1) is 15.2. The summed E-state index contributed by atoms with van der Waals surface area (Å²) in [4.78, 5) is 34.2. The van der Waals surface area contributed by atoms with E-state index in [9.17, 15) is 9.59 Å². The maximum absolute atomic E-state index is 13.5. The van der Waals surface area contributed by atoms with Crippen molar-refractivity contribution in [3.63, 3.8) is 0 Å². The van der Waals surface area contributed by atoms with Crippen molar-refractivity contribution in [1.82, 2.24) is 9.88 Å². The van der Waals surface area contributed by atoms with Crippen molar-refractivity contribution in [1.29, 1.82) is 0 Å². The van der Waals surface area contributed by atoms with Crippen molar-refractivity contribution in [3.8, 4) is 5.75 Å². The molecular weight excluding hydrogens is 398 g/mol. The molecule has 0 unspecified atom stereocenters. The fraction of sp³-hybridized carbons (Fsp3) is 0.348. The van der Waals surface area contributed by atoms with Crippen LogP contribution in [0.5, 0.6) is 5.75 Å². The number of benzene rings is 1. The molecule has 2 aromatic heterocycles. The monoisotopic (exact) mass is 422 g/mol. The van der Waals surface area contributed by atoms with Crippen LogP contribution in [0.15, 0.2) is 51.9 Å². The van der Waals surface area contributed by atoms with E-state index in [1.165, 1.54) is 4.90 Å². The highest BCUT2D eigenvalue weighted by molar-refractivity contribution is 5.99. The topological polar surface area (TPSA) is 86.3 Å². The van der Waals surface area contributed by atoms with Crippen molar-refractivity contribution in [2.24, 2.45) is 0 Å². The molecule has 1 amide bonds. The van der Waals surface area contributed by atoms with Crippen LogP contribution in [0, 0.1) is 0 Å². The van der Waals surface area contributed by atoms with Crippen LogP contribution >= 0.6 is 0 Å². The number of rotatable bonds is 5. The third-order valence-corrected chi connectivity index (χ3v) is 6.08. The van der Waals surface area contributed by atoms with Crippen LogP contribution in [0.2, 0.25) is 0 Å². The number of carbonyl (C=O) groups excluding carboxylic acids is 1. The van der Waals surface area contributed by atoms with Crippen LogP contribution in [0.3, 0.4) is 0 Å². The Balaban J connectivity index is 1.59. The van der Waals surface area contributed by atoms with Gasteiger partial charge in [-0.05, 0) is 23.8 Å². The van der Waals surface area contributed by atoms with Crippen molar-refractivity contribution < 1.29 is 23.6 Å². The van der Waals surface area contributed by atoms with E-state index >= 15 is 0 Å². The number of nitrogens with zero attached hydrogens (tertiary/aromatic N) is 2. The van der Waals surface area contributed by atoms with Gasteiger partial charge in [-0.1, -0.05) is 6.07 Å². The molecular formula is C23H24N3O5+. The average molecular weight is 422 g/mol. The Bertz CT molecular complexity index is 1170. The second kappa shape index (κ2) is 8.13. The minimum absolute atomic E-state index is 0.108. The molecule has 0 radical (unpaired) electrons. The zero-order chi connectivity index (χ0) is 21.4. The minimum atomic E-state index is -0.514. The van der Waals surface area contributed by atoms with Crippen LogP contribution in [0.25, 0.3) is 11.0 Å². The Morgan fingerprint density at radius 1 is 1.23 bits per heavy atom. The lowest BCUT2D eigenvalue weighted by atomic mass is 10.00. The number of nitrogens with one attached hydrogen (secondary N) is 1. The maximum atomic E-state index is 13.5. The zero-order valence-electron chi connectivity index (χ0n) is 17.3. The molecule has 160 valence electrons. The summed E-state index contributed by atoms with van der Waals surface area (Å²) in [5.41, 5.74) is 1.34. The molecule has 1 fully saturated rings. The SMILES string of the molecule is COc1ccc2c(=O)c3c(oc2c1)C(=O)N(CC[NH+]1CCOCC1)[C@H]3c1cccnc1. The van der Waals surface area contributed by atoms with Crippen molar-refractivity contribution in [2.75, 3.05) is 46.5 Å². The van der Waals surface area contributed by atoms with E-state index in [4.69, 9.17) is 13.9 Å². The van der Waals surface area contributed by atoms with Crippen LogP contribution in [0.1, 0.15) is 27.7 Å². The van der Waals surface area contributed by atoms with E-state index in [0.29, 0.717) is 28.8 Å². The molecule has 2 aliphatic heterocycles. The van der Waals surface area contributed by atoms with Gasteiger partial charge in [0.25, 0.3) is 5.91 Å². The minimum Gasteiger partial charge on any atom is -0.497 e. The van der Waals surface area contributed by atoms with Crippen LogP contribution < -0.4 is 15.1 Å². The molecule has 0 aliphatic carbocycles. The third-order valence-electron chi connectivity index (χ3n) is 6.08. The molecule has 1 aromatic carbocycles. The molecule has 0 saturated carbocycles. The summed E-state index contributed by atoms with van der Waals surface area (Å²) in [5, 5.41) is 0.432. The summed E-state index contributed by atoms with van der Waals surface area (Å²) in [6.07, 6.45) is 3.39. The number of methoxy groups -OCH3 is 1. The van der Waals surface area contributed by atoms with Gasteiger partial charge in [-0.15, -0.1) is 0 Å². The van der Waals surface area contributed by atoms with E-state index < -0.39 is 6.04 Å². The zero-order valence-corrected chi connectivity index (χ0v) is 17.3. The third kappa shape index (κ3) is 3.47. The molecule has 1 atom stereocenters. The van der Waals surface area contributed by atoms with Gasteiger partial charge in [0.15, 0.2) is 5.43 Å². The summed E-state index contributed by atoms with van der Waals surface area (Å²) >= 11 is 0.